The summed E-state index contributed by atoms with van der Waals surface area (Å²) < 4.78 is 0. The average Bonchev–Trinajstić information content (AvgIpc) is 2.59. The maximum absolute atomic E-state index is 4.28. The van der Waals surface area contributed by atoms with Crippen LogP contribution >= 0.6 is 24.2 Å². The van der Waals surface area contributed by atoms with Crippen LogP contribution in [0.1, 0.15) is 6.42 Å². The van der Waals surface area contributed by atoms with Gasteiger partial charge in [0, 0.05) is 18.0 Å². The molecule has 4 heteroatoms. The molecule has 1 fully saturated rings. The molecule has 2 rings (SSSR count). The lowest BCUT2D eigenvalue weighted by molar-refractivity contribution is 0.858. The Morgan fingerprint density at radius 2 is 2.38 bits per heavy atom. The lowest BCUT2D eigenvalue weighted by atomic mass is 10.4. The predicted molar refractivity (Wildman–Crippen MR) is 58.6 cm³/mol. The molecule has 1 aromatic rings. The molecule has 0 aliphatic carbocycles. The van der Waals surface area contributed by atoms with Crippen molar-refractivity contribution in [2.24, 2.45) is 0 Å². The van der Waals surface area contributed by atoms with Crippen molar-refractivity contribution in [1.29, 1.82) is 0 Å². The number of halogens is 1. The first kappa shape index (κ1) is 10.8. The van der Waals surface area contributed by atoms with E-state index >= 15 is 0 Å². The Bertz CT molecular complexity index is 237. The molecule has 2 heterocycles. The van der Waals surface area contributed by atoms with Crippen LogP contribution in [0.3, 0.4) is 0 Å². The Morgan fingerprint density at radius 1 is 1.46 bits per heavy atom. The molecule has 1 N–H and O–H groups in total. The SMILES string of the molecule is Cl.c1ccc(SC2CCNC2)nc1. The fourth-order valence-electron chi connectivity index (χ4n) is 1.32. The van der Waals surface area contributed by atoms with Crippen molar-refractivity contribution in [1.82, 2.24) is 10.3 Å². The first-order chi connectivity index (χ1) is 5.95. The van der Waals surface area contributed by atoms with Crippen LogP contribution in [0.15, 0.2) is 29.4 Å². The molecule has 13 heavy (non-hydrogen) atoms. The molecule has 0 radical (unpaired) electrons. The number of rotatable bonds is 2. The number of thioether (sulfide) groups is 1. The van der Waals surface area contributed by atoms with Gasteiger partial charge in [0.05, 0.1) is 5.03 Å². The smallest absolute Gasteiger partial charge is 0.0962 e. The molecule has 0 bridgehead atoms. The highest BCUT2D eigenvalue weighted by molar-refractivity contribution is 7.99. The topological polar surface area (TPSA) is 24.9 Å². The summed E-state index contributed by atoms with van der Waals surface area (Å²) in [6.07, 6.45) is 3.12. The molecular weight excluding hydrogens is 204 g/mol. The Labute approximate surface area is 88.9 Å². The fourth-order valence-corrected chi connectivity index (χ4v) is 2.37. The monoisotopic (exact) mass is 216 g/mol. The molecular formula is C9H13ClN2S. The largest absolute Gasteiger partial charge is 0.316 e. The van der Waals surface area contributed by atoms with Crippen LogP contribution in [-0.4, -0.2) is 23.3 Å². The maximum atomic E-state index is 4.28. The number of hydrogen-bond donors (Lipinski definition) is 1. The van der Waals surface area contributed by atoms with Gasteiger partial charge in [-0.3, -0.25) is 0 Å². The van der Waals surface area contributed by atoms with Crippen molar-refractivity contribution < 1.29 is 0 Å². The standard InChI is InChI=1S/C9H12N2S.ClH/c1-2-5-11-9(3-1)12-8-4-6-10-7-8;/h1-3,5,8,10H,4,6-7H2;1H. The van der Waals surface area contributed by atoms with E-state index in [0.717, 1.165) is 23.4 Å². The van der Waals surface area contributed by atoms with Crippen LogP contribution in [0.5, 0.6) is 0 Å². The van der Waals surface area contributed by atoms with Gasteiger partial charge in [0.15, 0.2) is 0 Å². The van der Waals surface area contributed by atoms with Crippen LogP contribution in [0, 0.1) is 0 Å². The second-order valence-corrected chi connectivity index (χ2v) is 4.22. The lowest BCUT2D eigenvalue weighted by Crippen LogP contribution is -2.10. The van der Waals surface area contributed by atoms with E-state index in [1.165, 1.54) is 6.42 Å². The van der Waals surface area contributed by atoms with Gasteiger partial charge in [-0.05, 0) is 25.1 Å². The average molecular weight is 217 g/mol. The fraction of sp³-hybridized carbons (Fsp3) is 0.444. The zero-order valence-electron chi connectivity index (χ0n) is 7.27. The predicted octanol–water partition coefficient (Wildman–Crippen LogP) is 1.96. The third kappa shape index (κ3) is 3.18. The summed E-state index contributed by atoms with van der Waals surface area (Å²) >= 11 is 1.88. The van der Waals surface area contributed by atoms with Crippen LogP contribution in [0.4, 0.5) is 0 Å². The highest BCUT2D eigenvalue weighted by Crippen LogP contribution is 2.24. The van der Waals surface area contributed by atoms with Crippen LogP contribution < -0.4 is 5.32 Å². The van der Waals surface area contributed by atoms with Crippen molar-refractivity contribution in [2.75, 3.05) is 13.1 Å². The minimum atomic E-state index is 0. The maximum Gasteiger partial charge on any atom is 0.0962 e. The summed E-state index contributed by atoms with van der Waals surface area (Å²) in [4.78, 5) is 4.28. The molecule has 1 atom stereocenters. The Balaban J connectivity index is 0.000000845. The van der Waals surface area contributed by atoms with Crippen molar-refractivity contribution in [3.05, 3.63) is 24.4 Å². The van der Waals surface area contributed by atoms with Gasteiger partial charge in [-0.2, -0.15) is 0 Å². The van der Waals surface area contributed by atoms with Crippen molar-refractivity contribution in [3.63, 3.8) is 0 Å². The number of nitrogens with zero attached hydrogens (tertiary/aromatic N) is 1. The summed E-state index contributed by atoms with van der Waals surface area (Å²) in [6, 6.07) is 6.07. The summed E-state index contributed by atoms with van der Waals surface area (Å²) in [5, 5.41) is 5.21. The van der Waals surface area contributed by atoms with Crippen LogP contribution in [-0.2, 0) is 0 Å². The number of aromatic nitrogens is 1. The Kier molecular flexibility index (Phi) is 4.56. The van der Waals surface area contributed by atoms with E-state index in [2.05, 4.69) is 16.4 Å². The molecule has 2 nitrogen and oxygen atoms in total. The van der Waals surface area contributed by atoms with E-state index in [-0.39, 0.29) is 12.4 Å². The van der Waals surface area contributed by atoms with E-state index in [1.807, 2.05) is 30.1 Å². The summed E-state index contributed by atoms with van der Waals surface area (Å²) in [5.41, 5.74) is 0. The molecule has 0 spiro atoms. The van der Waals surface area contributed by atoms with Gasteiger partial charge >= 0.3 is 0 Å². The lowest BCUT2D eigenvalue weighted by Gasteiger charge is -2.05. The summed E-state index contributed by atoms with van der Waals surface area (Å²) in [6.45, 7) is 2.28. The minimum Gasteiger partial charge on any atom is -0.316 e. The third-order valence-electron chi connectivity index (χ3n) is 1.94. The Hall–Kier alpha value is -0.250. The number of pyridine rings is 1. The second kappa shape index (κ2) is 5.47. The van der Waals surface area contributed by atoms with E-state index in [1.54, 1.807) is 0 Å². The summed E-state index contributed by atoms with van der Waals surface area (Å²) in [7, 11) is 0. The molecule has 1 saturated heterocycles. The van der Waals surface area contributed by atoms with Crippen molar-refractivity contribution >= 4 is 24.2 Å². The van der Waals surface area contributed by atoms with Gasteiger partial charge in [-0.25, -0.2) is 4.98 Å². The molecule has 72 valence electrons. The molecule has 1 unspecified atom stereocenters. The Morgan fingerprint density at radius 3 is 3.00 bits per heavy atom. The van der Waals surface area contributed by atoms with Crippen LogP contribution in [0.25, 0.3) is 0 Å². The first-order valence-corrected chi connectivity index (χ1v) is 5.11. The molecule has 1 aliphatic heterocycles. The minimum absolute atomic E-state index is 0. The molecule has 0 saturated carbocycles. The normalized spacial score (nSPS) is 21.1. The molecule has 1 aliphatic rings. The highest BCUT2D eigenvalue weighted by Gasteiger charge is 2.15. The van der Waals surface area contributed by atoms with Crippen molar-refractivity contribution in [3.8, 4) is 0 Å². The van der Waals surface area contributed by atoms with Gasteiger partial charge in [0.2, 0.25) is 0 Å². The highest BCUT2D eigenvalue weighted by atomic mass is 35.5. The quantitative estimate of drug-likeness (QED) is 0.818. The van der Waals surface area contributed by atoms with Gasteiger partial charge in [0.1, 0.15) is 0 Å². The molecule has 1 aromatic heterocycles. The zero-order valence-corrected chi connectivity index (χ0v) is 8.90. The molecule has 0 amide bonds. The zero-order chi connectivity index (χ0) is 8.23. The number of hydrogen-bond acceptors (Lipinski definition) is 3. The van der Waals surface area contributed by atoms with Crippen molar-refractivity contribution in [2.45, 2.75) is 16.7 Å². The van der Waals surface area contributed by atoms with Gasteiger partial charge < -0.3 is 5.32 Å². The summed E-state index contributed by atoms with van der Waals surface area (Å²) in [5.74, 6) is 0. The number of nitrogens with one attached hydrogen (secondary N) is 1. The van der Waals surface area contributed by atoms with E-state index < -0.39 is 0 Å². The first-order valence-electron chi connectivity index (χ1n) is 4.23. The molecule has 0 aromatic carbocycles. The second-order valence-electron chi connectivity index (χ2n) is 2.90. The van der Waals surface area contributed by atoms with E-state index in [4.69, 9.17) is 0 Å². The van der Waals surface area contributed by atoms with E-state index in [0.29, 0.717) is 0 Å². The van der Waals surface area contributed by atoms with Crippen LogP contribution in [0.2, 0.25) is 0 Å². The van der Waals surface area contributed by atoms with E-state index in [9.17, 15) is 0 Å². The van der Waals surface area contributed by atoms with Gasteiger partial charge in [-0.15, -0.1) is 24.2 Å². The van der Waals surface area contributed by atoms with Gasteiger partial charge in [-0.1, -0.05) is 6.07 Å². The van der Waals surface area contributed by atoms with Gasteiger partial charge in [0.25, 0.3) is 0 Å². The third-order valence-corrected chi connectivity index (χ3v) is 3.16.